The summed E-state index contributed by atoms with van der Waals surface area (Å²) in [7, 11) is 7.17. The largest absolute Gasteiger partial charge is 0.464 e. The van der Waals surface area contributed by atoms with Crippen molar-refractivity contribution in [3.05, 3.63) is 35.9 Å². The molecule has 0 bridgehead atoms. The van der Waals surface area contributed by atoms with Crippen LogP contribution in [0, 0.1) is 17.3 Å². The minimum absolute atomic E-state index is 0.0421. The Balaban J connectivity index is 1.90. The molecule has 0 saturated carbocycles. The molecule has 69 heavy (non-hydrogen) atoms. The highest BCUT2D eigenvalue weighted by atomic mass is 16.7. The Labute approximate surface area is 411 Å². The van der Waals surface area contributed by atoms with E-state index in [9.17, 15) is 33.9 Å². The van der Waals surface area contributed by atoms with Crippen molar-refractivity contribution in [2.24, 2.45) is 17.3 Å². The van der Waals surface area contributed by atoms with E-state index in [0.717, 1.165) is 18.4 Å². The lowest BCUT2D eigenvalue weighted by Crippen LogP contribution is -2.54. The van der Waals surface area contributed by atoms with E-state index in [4.69, 9.17) is 28.4 Å². The fourth-order valence-electron chi connectivity index (χ4n) is 8.40. The molecule has 19 heteroatoms. The van der Waals surface area contributed by atoms with Crippen molar-refractivity contribution in [3.8, 4) is 0 Å². The van der Waals surface area contributed by atoms with E-state index in [0.29, 0.717) is 18.9 Å². The normalized spacial score (nSPS) is 18.0. The molecule has 1 aromatic carbocycles. The van der Waals surface area contributed by atoms with E-state index in [1.54, 1.807) is 27.9 Å². The highest BCUT2D eigenvalue weighted by Crippen LogP contribution is 2.29. The maximum atomic E-state index is 14.0. The average molecular weight is 979 g/mol. The van der Waals surface area contributed by atoms with Gasteiger partial charge in [0.05, 0.1) is 56.0 Å². The molecule has 1 saturated heterocycles. The van der Waals surface area contributed by atoms with E-state index in [-0.39, 0.29) is 94.2 Å². The van der Waals surface area contributed by atoms with Crippen molar-refractivity contribution in [3.63, 3.8) is 0 Å². The number of nitrogens with one attached hydrogen (secondary N) is 4. The first-order valence-corrected chi connectivity index (χ1v) is 24.5. The van der Waals surface area contributed by atoms with Gasteiger partial charge in [-0.2, -0.15) is 0 Å². The van der Waals surface area contributed by atoms with Gasteiger partial charge in [-0.05, 0) is 71.0 Å². The van der Waals surface area contributed by atoms with Gasteiger partial charge in [0.15, 0.2) is 6.29 Å². The molecule has 0 aromatic heterocycles. The first kappa shape index (κ1) is 60.7. The van der Waals surface area contributed by atoms with Crippen LogP contribution in [0.2, 0.25) is 0 Å². The maximum Gasteiger partial charge on any atom is 0.407 e. The first-order valence-electron chi connectivity index (χ1n) is 24.5. The zero-order chi connectivity index (χ0) is 51.8. The van der Waals surface area contributed by atoms with Crippen molar-refractivity contribution in [1.29, 1.82) is 0 Å². The van der Waals surface area contributed by atoms with E-state index in [1.165, 1.54) is 14.0 Å². The maximum absolute atomic E-state index is 14.0. The second-order valence-corrected chi connectivity index (χ2v) is 19.5. The monoisotopic (exact) mass is 979 g/mol. The summed E-state index contributed by atoms with van der Waals surface area (Å²) in [6.45, 7) is 16.9. The Bertz CT molecular complexity index is 1710. The minimum atomic E-state index is -0.988. The van der Waals surface area contributed by atoms with Crippen LogP contribution < -0.4 is 21.3 Å². The van der Waals surface area contributed by atoms with Gasteiger partial charge in [-0.15, -0.1) is 0 Å². The third-order valence-electron chi connectivity index (χ3n) is 12.4. The Kier molecular flexibility index (Phi) is 27.3. The number of ether oxygens (including phenoxy) is 6. The SMILES string of the molecule is CC[C@H](C)C([C@@H](CC(=O)N1CCC[C@H]1[C@H](OC)[C@@H](C)C(=O)N[C@@H](Cc1ccccc1)C(=O)NCCCOC(=O)[C@H](C)NC(=O)CCNC(=O)OCC(OC(C)C)OC(CO)C(C)(C)C)OC)N(C)C. The molecule has 394 valence electrons. The van der Waals surface area contributed by atoms with Gasteiger partial charge in [-0.1, -0.05) is 78.3 Å². The number of aliphatic hydroxyl groups is 1. The smallest absolute Gasteiger partial charge is 0.407 e. The predicted octanol–water partition coefficient (Wildman–Crippen LogP) is 3.58. The van der Waals surface area contributed by atoms with Crippen molar-refractivity contribution < 1.29 is 62.3 Å². The van der Waals surface area contributed by atoms with Crippen molar-refractivity contribution >= 4 is 35.7 Å². The quantitative estimate of drug-likeness (QED) is 0.0407. The molecule has 1 aliphatic heterocycles. The van der Waals surface area contributed by atoms with Gasteiger partial charge < -0.3 is 64.6 Å². The molecule has 5 N–H and O–H groups in total. The molecule has 1 aromatic rings. The highest BCUT2D eigenvalue weighted by molar-refractivity contribution is 5.89. The number of nitrogens with zero attached hydrogens (tertiary/aromatic N) is 2. The summed E-state index contributed by atoms with van der Waals surface area (Å²) in [5, 5.41) is 20.6. The van der Waals surface area contributed by atoms with Gasteiger partial charge in [-0.3, -0.25) is 19.2 Å². The van der Waals surface area contributed by atoms with Crippen LogP contribution in [0.3, 0.4) is 0 Å². The molecular weight excluding hydrogens is 893 g/mol. The Morgan fingerprint density at radius 3 is 2.14 bits per heavy atom. The number of likely N-dealkylation sites (tertiary alicyclic amines) is 1. The minimum Gasteiger partial charge on any atom is -0.464 e. The molecular formula is C50H86N6O13. The lowest BCUT2D eigenvalue weighted by atomic mass is 9.89. The van der Waals surface area contributed by atoms with Gasteiger partial charge in [0.1, 0.15) is 18.7 Å². The Hall–Kier alpha value is -4.40. The van der Waals surface area contributed by atoms with Crippen LogP contribution in [0.4, 0.5) is 4.79 Å². The fraction of sp³-hybridized carbons (Fsp3) is 0.760. The topological polar surface area (TPSA) is 233 Å². The number of likely N-dealkylation sites (N-methyl/N-ethyl adjacent to an activating group) is 1. The first-order chi connectivity index (χ1) is 32.6. The van der Waals surface area contributed by atoms with Crippen molar-refractivity contribution in [1.82, 2.24) is 31.1 Å². The van der Waals surface area contributed by atoms with E-state index in [1.807, 2.05) is 70.1 Å². The lowest BCUT2D eigenvalue weighted by Gasteiger charge is -2.38. The summed E-state index contributed by atoms with van der Waals surface area (Å²) >= 11 is 0. The van der Waals surface area contributed by atoms with E-state index >= 15 is 0 Å². The number of carbonyl (C=O) groups excluding carboxylic acids is 6. The lowest BCUT2D eigenvalue weighted by molar-refractivity contribution is -0.226. The second-order valence-electron chi connectivity index (χ2n) is 19.5. The number of benzene rings is 1. The highest BCUT2D eigenvalue weighted by Gasteiger charge is 2.42. The van der Waals surface area contributed by atoms with Crippen LogP contribution in [0.25, 0.3) is 0 Å². The van der Waals surface area contributed by atoms with Crippen LogP contribution in [-0.2, 0) is 58.8 Å². The molecule has 10 atom stereocenters. The number of amides is 5. The zero-order valence-electron chi connectivity index (χ0n) is 43.7. The number of alkyl carbamates (subject to hydrolysis) is 1. The van der Waals surface area contributed by atoms with Crippen LogP contribution in [0.5, 0.6) is 0 Å². The average Bonchev–Trinajstić information content (AvgIpc) is 3.78. The molecule has 3 unspecified atom stereocenters. The zero-order valence-corrected chi connectivity index (χ0v) is 43.7. The number of rotatable bonds is 31. The van der Waals surface area contributed by atoms with E-state index in [2.05, 4.69) is 40.0 Å². The number of hydrogen-bond donors (Lipinski definition) is 5. The van der Waals surface area contributed by atoms with Gasteiger partial charge in [0, 0.05) is 52.7 Å². The van der Waals surface area contributed by atoms with Crippen molar-refractivity contribution in [2.45, 2.75) is 162 Å². The molecule has 0 aliphatic carbocycles. The molecule has 19 nitrogen and oxygen atoms in total. The van der Waals surface area contributed by atoms with Gasteiger partial charge in [-0.25, -0.2) is 9.59 Å². The Morgan fingerprint density at radius 2 is 1.57 bits per heavy atom. The predicted molar refractivity (Wildman–Crippen MR) is 261 cm³/mol. The third kappa shape index (κ3) is 21.2. The number of aliphatic hydroxyl groups excluding tert-OH is 1. The summed E-state index contributed by atoms with van der Waals surface area (Å²) in [6.07, 6.45) is -0.559. The van der Waals surface area contributed by atoms with Crippen molar-refractivity contribution in [2.75, 3.05) is 67.8 Å². The molecule has 1 heterocycles. The van der Waals surface area contributed by atoms with Crippen LogP contribution in [0.1, 0.15) is 106 Å². The van der Waals surface area contributed by atoms with Crippen LogP contribution >= 0.6 is 0 Å². The summed E-state index contributed by atoms with van der Waals surface area (Å²) < 4.78 is 34.0. The second kappa shape index (κ2) is 31.0. The summed E-state index contributed by atoms with van der Waals surface area (Å²) in [5.74, 6) is -2.47. The molecule has 1 fully saturated rings. The molecule has 5 amide bonds. The third-order valence-corrected chi connectivity index (χ3v) is 12.4. The van der Waals surface area contributed by atoms with Gasteiger partial charge >= 0.3 is 12.1 Å². The van der Waals surface area contributed by atoms with Gasteiger partial charge in [0.25, 0.3) is 0 Å². The number of esters is 1. The molecule has 2 rings (SSSR count). The number of hydrogen-bond acceptors (Lipinski definition) is 14. The molecule has 0 spiro atoms. The number of methoxy groups -OCH3 is 2. The van der Waals surface area contributed by atoms with Crippen LogP contribution in [0.15, 0.2) is 30.3 Å². The fourth-order valence-corrected chi connectivity index (χ4v) is 8.40. The Morgan fingerprint density at radius 1 is 0.884 bits per heavy atom. The summed E-state index contributed by atoms with van der Waals surface area (Å²) in [5.41, 5.74) is 0.447. The van der Waals surface area contributed by atoms with E-state index < -0.39 is 66.3 Å². The molecule has 1 aliphatic rings. The van der Waals surface area contributed by atoms with Gasteiger partial charge in [0.2, 0.25) is 23.6 Å². The number of carbonyl (C=O) groups is 6. The summed E-state index contributed by atoms with van der Waals surface area (Å²) in [6, 6.07) is 7.08. The van der Waals surface area contributed by atoms with Crippen LogP contribution in [-0.4, -0.2) is 173 Å². The molecule has 0 radical (unpaired) electrons. The summed E-state index contributed by atoms with van der Waals surface area (Å²) in [4.78, 5) is 83.0. The standard InChI is InChI=1S/C50H86N6O13/c1-14-33(4)44(55(10)11)39(64-12)29-42(59)56-26-18-22-38(56)45(65-13)34(5)46(60)54-37(28-36-20-16-15-17-21-36)47(61)51-24-19-27-66-48(62)35(6)53-41(58)23-25-52-49(63)67-31-43(68-32(2)3)69-40(30-57)50(7,8)9/h15-17,20-21,32-35,37-40,43-45,57H,14,18-19,22-31H2,1-13H3,(H,51,61)(H,52,63)(H,53,58)(H,54,60)/t33-,34+,35-,37-,38-,39+,40?,43?,44?,45+/m0/s1.